The summed E-state index contributed by atoms with van der Waals surface area (Å²) in [6.45, 7) is 2.26. The highest BCUT2D eigenvalue weighted by molar-refractivity contribution is 6.25. The average molecular weight is 641 g/mol. The molecule has 8 aromatic rings. The number of aliphatic imine (C=N–C) groups is 2. The van der Waals surface area contributed by atoms with Gasteiger partial charge in [0.2, 0.25) is 5.96 Å². The van der Waals surface area contributed by atoms with E-state index >= 15 is 0 Å². The van der Waals surface area contributed by atoms with Crippen molar-refractivity contribution in [1.29, 1.82) is 0 Å². The first-order valence-electron chi connectivity index (χ1n) is 17.2. The number of rotatable bonds is 3. The molecular formula is C46H32N4. The van der Waals surface area contributed by atoms with E-state index in [1.165, 1.54) is 27.1 Å². The molecule has 0 N–H and O–H groups in total. The number of hydrogen-bond donors (Lipinski definition) is 0. The van der Waals surface area contributed by atoms with Crippen molar-refractivity contribution in [1.82, 2.24) is 9.55 Å². The van der Waals surface area contributed by atoms with Gasteiger partial charge in [-0.25, -0.2) is 15.0 Å². The van der Waals surface area contributed by atoms with Crippen LogP contribution in [-0.2, 0) is 0 Å². The molecule has 0 radical (unpaired) electrons. The molecule has 1 aliphatic carbocycles. The minimum atomic E-state index is -0.442. The predicted octanol–water partition coefficient (Wildman–Crippen LogP) is 11.4. The molecule has 0 amide bonds. The van der Waals surface area contributed by atoms with Gasteiger partial charge in [0, 0.05) is 16.2 Å². The first-order chi connectivity index (χ1) is 24.7. The molecule has 0 bridgehead atoms. The number of nitrogens with zero attached hydrogens (tertiary/aromatic N) is 4. The first kappa shape index (κ1) is 28.6. The van der Waals surface area contributed by atoms with E-state index in [1.807, 2.05) is 0 Å². The molecule has 1 aliphatic heterocycles. The summed E-state index contributed by atoms with van der Waals surface area (Å²) in [5, 5.41) is 5.94. The van der Waals surface area contributed by atoms with E-state index in [1.54, 1.807) is 0 Å². The van der Waals surface area contributed by atoms with Gasteiger partial charge in [-0.05, 0) is 76.7 Å². The van der Waals surface area contributed by atoms with Gasteiger partial charge in [-0.3, -0.25) is 4.57 Å². The van der Waals surface area contributed by atoms with Crippen molar-refractivity contribution >= 4 is 55.2 Å². The summed E-state index contributed by atoms with van der Waals surface area (Å²) in [5.74, 6) is 0.649. The molecule has 0 fully saturated rings. The highest BCUT2D eigenvalue weighted by Crippen LogP contribution is 2.44. The summed E-state index contributed by atoms with van der Waals surface area (Å²) in [6, 6.07) is 51.7. The molecule has 2 aliphatic rings. The van der Waals surface area contributed by atoms with Crippen LogP contribution in [0.4, 0.5) is 0 Å². The molecule has 1 atom stereocenters. The van der Waals surface area contributed by atoms with Crippen LogP contribution in [0.5, 0.6) is 0 Å². The monoisotopic (exact) mass is 640 g/mol. The Hall–Kier alpha value is -6.39. The van der Waals surface area contributed by atoms with Crippen molar-refractivity contribution in [3.05, 3.63) is 175 Å². The van der Waals surface area contributed by atoms with E-state index in [2.05, 4.69) is 175 Å². The Morgan fingerprint density at radius 2 is 1.34 bits per heavy atom. The van der Waals surface area contributed by atoms with E-state index in [4.69, 9.17) is 15.0 Å². The predicted molar refractivity (Wildman–Crippen MR) is 209 cm³/mol. The van der Waals surface area contributed by atoms with Gasteiger partial charge in [0.15, 0.2) is 0 Å². The number of aromatic nitrogens is 2. The quantitative estimate of drug-likeness (QED) is 0.189. The Morgan fingerprint density at radius 3 is 2.18 bits per heavy atom. The number of fused-ring (bicyclic) bond motifs is 7. The van der Waals surface area contributed by atoms with E-state index in [0.29, 0.717) is 5.96 Å². The molecule has 4 nitrogen and oxygen atoms in total. The summed E-state index contributed by atoms with van der Waals surface area (Å²) < 4.78 is 2.27. The Labute approximate surface area is 290 Å². The highest BCUT2D eigenvalue weighted by atomic mass is 15.2. The summed E-state index contributed by atoms with van der Waals surface area (Å²) in [6.07, 6.45) is 7.28. The standard InChI is InChI=1S/C46H32N4/c1-46-27-13-12-22-42(46)48-45(49-44(46)39-29-37(31-16-6-3-7-17-31)35-20-10-11-21-38(35)47-39)50-40-26-24-32-18-8-9-19-34(32)43(40)36-25-23-33(28-41(36)50)30-14-4-2-5-15-30/h2-26,28-29H,27H2,1H3. The van der Waals surface area contributed by atoms with Crippen LogP contribution < -0.4 is 0 Å². The number of hydrogen-bond acceptors (Lipinski definition) is 3. The van der Waals surface area contributed by atoms with Crippen LogP contribution in [0.15, 0.2) is 180 Å². The van der Waals surface area contributed by atoms with Crippen molar-refractivity contribution in [2.24, 2.45) is 15.4 Å². The third-order valence-electron chi connectivity index (χ3n) is 10.4. The maximum atomic E-state index is 5.57. The fraction of sp³-hybridized carbons (Fsp3) is 0.0652. The van der Waals surface area contributed by atoms with E-state index in [9.17, 15) is 0 Å². The second kappa shape index (κ2) is 11.1. The average Bonchev–Trinajstić information content (AvgIpc) is 3.52. The van der Waals surface area contributed by atoms with Crippen molar-refractivity contribution in [2.75, 3.05) is 0 Å². The maximum absolute atomic E-state index is 5.57. The minimum absolute atomic E-state index is 0.442. The zero-order valence-corrected chi connectivity index (χ0v) is 27.6. The smallest absolute Gasteiger partial charge is 0.235 e. The summed E-state index contributed by atoms with van der Waals surface area (Å²) in [4.78, 5) is 16.3. The third-order valence-corrected chi connectivity index (χ3v) is 10.4. The van der Waals surface area contributed by atoms with Crippen LogP contribution in [0.2, 0.25) is 0 Å². The molecular weight excluding hydrogens is 609 g/mol. The molecule has 6 aromatic carbocycles. The van der Waals surface area contributed by atoms with Crippen LogP contribution >= 0.6 is 0 Å². The van der Waals surface area contributed by atoms with E-state index in [0.717, 1.165) is 62.2 Å². The van der Waals surface area contributed by atoms with Crippen molar-refractivity contribution < 1.29 is 0 Å². The summed E-state index contributed by atoms with van der Waals surface area (Å²) in [7, 11) is 0. The Morgan fingerprint density at radius 1 is 0.600 bits per heavy atom. The number of allylic oxidation sites excluding steroid dienone is 4. The van der Waals surface area contributed by atoms with E-state index in [-0.39, 0.29) is 0 Å². The van der Waals surface area contributed by atoms with Crippen LogP contribution in [0.3, 0.4) is 0 Å². The number of benzene rings is 6. The Bertz CT molecular complexity index is 2780. The minimum Gasteiger partial charge on any atom is -0.278 e. The zero-order valence-electron chi connectivity index (χ0n) is 27.6. The second-order valence-corrected chi connectivity index (χ2v) is 13.4. The SMILES string of the molecule is CC12CC=CC=C1N=C(n1c3cc(-c4ccccc4)ccc3c3c4ccccc4ccc31)N=C2c1cc(-c2ccccc2)c2ccccc2n1. The maximum Gasteiger partial charge on any atom is 0.235 e. The highest BCUT2D eigenvalue weighted by Gasteiger charge is 2.41. The van der Waals surface area contributed by atoms with Crippen LogP contribution in [0.1, 0.15) is 19.0 Å². The zero-order chi connectivity index (χ0) is 33.2. The van der Waals surface area contributed by atoms with Crippen LogP contribution in [0, 0.1) is 5.41 Å². The molecule has 4 heteroatoms. The molecule has 0 saturated carbocycles. The molecule has 0 spiro atoms. The number of pyridine rings is 1. The van der Waals surface area contributed by atoms with Gasteiger partial charge in [-0.2, -0.15) is 0 Å². The fourth-order valence-electron chi connectivity index (χ4n) is 7.89. The van der Waals surface area contributed by atoms with Crippen LogP contribution in [0.25, 0.3) is 65.7 Å². The fourth-order valence-corrected chi connectivity index (χ4v) is 7.89. The van der Waals surface area contributed by atoms with Crippen molar-refractivity contribution in [2.45, 2.75) is 13.3 Å². The van der Waals surface area contributed by atoms with Gasteiger partial charge >= 0.3 is 0 Å². The van der Waals surface area contributed by atoms with Gasteiger partial charge in [0.25, 0.3) is 0 Å². The summed E-state index contributed by atoms with van der Waals surface area (Å²) in [5.41, 5.74) is 10.1. The lowest BCUT2D eigenvalue weighted by atomic mass is 9.74. The van der Waals surface area contributed by atoms with Gasteiger partial charge < -0.3 is 0 Å². The molecule has 50 heavy (non-hydrogen) atoms. The first-order valence-corrected chi connectivity index (χ1v) is 17.2. The van der Waals surface area contributed by atoms with Crippen molar-refractivity contribution in [3.63, 3.8) is 0 Å². The topological polar surface area (TPSA) is 42.5 Å². The lowest BCUT2D eigenvalue weighted by molar-refractivity contribution is 0.546. The van der Waals surface area contributed by atoms with Gasteiger partial charge in [-0.15, -0.1) is 0 Å². The molecule has 0 saturated heterocycles. The van der Waals surface area contributed by atoms with Crippen LogP contribution in [-0.4, -0.2) is 21.2 Å². The molecule has 3 heterocycles. The second-order valence-electron chi connectivity index (χ2n) is 13.4. The Balaban J connectivity index is 1.28. The molecule has 1 unspecified atom stereocenters. The molecule has 2 aromatic heterocycles. The van der Waals surface area contributed by atoms with Gasteiger partial charge in [-0.1, -0.05) is 133 Å². The lowest BCUT2D eigenvalue weighted by Crippen LogP contribution is -2.36. The van der Waals surface area contributed by atoms with E-state index < -0.39 is 5.41 Å². The summed E-state index contributed by atoms with van der Waals surface area (Å²) >= 11 is 0. The Kier molecular flexibility index (Phi) is 6.34. The van der Waals surface area contributed by atoms with Crippen molar-refractivity contribution in [3.8, 4) is 22.3 Å². The largest absolute Gasteiger partial charge is 0.278 e. The third kappa shape index (κ3) is 4.35. The lowest BCUT2D eigenvalue weighted by Gasteiger charge is -2.35. The molecule has 236 valence electrons. The van der Waals surface area contributed by atoms with Gasteiger partial charge in [0.1, 0.15) is 0 Å². The number of para-hydroxylation sites is 1. The van der Waals surface area contributed by atoms with Gasteiger partial charge in [0.05, 0.1) is 39.1 Å². The molecule has 10 rings (SSSR count). The normalized spacial score (nSPS) is 17.2.